The molecule has 1 saturated carbocycles. The van der Waals surface area contributed by atoms with Gasteiger partial charge in [-0.2, -0.15) is 0 Å². The lowest BCUT2D eigenvalue weighted by Gasteiger charge is -2.39. The van der Waals surface area contributed by atoms with Crippen molar-refractivity contribution < 1.29 is 10.2 Å². The molecule has 1 aromatic carbocycles. The van der Waals surface area contributed by atoms with Crippen molar-refractivity contribution in [3.63, 3.8) is 0 Å². The minimum atomic E-state index is 0.121. The van der Waals surface area contributed by atoms with Gasteiger partial charge in [-0.25, -0.2) is 0 Å². The second-order valence-corrected chi connectivity index (χ2v) is 7.10. The Labute approximate surface area is 128 Å². The minimum Gasteiger partial charge on any atom is -0.508 e. The fourth-order valence-electron chi connectivity index (χ4n) is 3.68. The van der Waals surface area contributed by atoms with Gasteiger partial charge in [-0.05, 0) is 55.2 Å². The largest absolute Gasteiger partial charge is 0.508 e. The van der Waals surface area contributed by atoms with E-state index < -0.39 is 0 Å². The molecule has 3 heteroatoms. The van der Waals surface area contributed by atoms with Gasteiger partial charge < -0.3 is 15.5 Å². The molecule has 0 bridgehead atoms. The molecule has 0 aliphatic heterocycles. The number of hydrogen-bond donors (Lipinski definition) is 3. The van der Waals surface area contributed by atoms with E-state index in [1.807, 2.05) is 0 Å². The van der Waals surface area contributed by atoms with Crippen LogP contribution >= 0.6 is 0 Å². The number of phenolic OH excluding ortho intramolecular Hbond substituents is 2. The maximum Gasteiger partial charge on any atom is 0.119 e. The molecule has 0 amide bonds. The zero-order valence-corrected chi connectivity index (χ0v) is 13.6. The van der Waals surface area contributed by atoms with Crippen molar-refractivity contribution in [2.45, 2.75) is 59.0 Å². The van der Waals surface area contributed by atoms with Crippen LogP contribution in [0.5, 0.6) is 11.5 Å². The molecular weight excluding hydrogens is 262 g/mol. The molecule has 1 aliphatic carbocycles. The molecule has 0 radical (unpaired) electrons. The van der Waals surface area contributed by atoms with Gasteiger partial charge >= 0.3 is 0 Å². The van der Waals surface area contributed by atoms with Crippen LogP contribution in [0.15, 0.2) is 18.2 Å². The van der Waals surface area contributed by atoms with Gasteiger partial charge in [0.2, 0.25) is 0 Å². The summed E-state index contributed by atoms with van der Waals surface area (Å²) in [6.07, 6.45) is 3.81. The van der Waals surface area contributed by atoms with Crippen molar-refractivity contribution in [2.24, 2.45) is 17.8 Å². The van der Waals surface area contributed by atoms with Gasteiger partial charge in [0, 0.05) is 18.2 Å². The molecule has 2 rings (SSSR count). The van der Waals surface area contributed by atoms with Crippen LogP contribution in [-0.4, -0.2) is 16.3 Å². The fourth-order valence-corrected chi connectivity index (χ4v) is 3.68. The summed E-state index contributed by atoms with van der Waals surface area (Å²) >= 11 is 0. The van der Waals surface area contributed by atoms with E-state index in [2.05, 4.69) is 33.0 Å². The fraction of sp³-hybridized carbons (Fsp3) is 0.667. The summed E-state index contributed by atoms with van der Waals surface area (Å²) in [4.78, 5) is 0. The van der Waals surface area contributed by atoms with Crippen LogP contribution in [0.2, 0.25) is 0 Å². The highest BCUT2D eigenvalue weighted by atomic mass is 16.3. The van der Waals surface area contributed by atoms with Gasteiger partial charge in [-0.15, -0.1) is 0 Å². The number of phenols is 2. The lowest BCUT2D eigenvalue weighted by Crippen LogP contribution is -2.43. The Balaban J connectivity index is 2.10. The molecule has 1 aromatic rings. The first-order chi connectivity index (χ1) is 9.86. The lowest BCUT2D eigenvalue weighted by molar-refractivity contribution is 0.161. The topological polar surface area (TPSA) is 52.5 Å². The number of benzene rings is 1. The first kappa shape index (κ1) is 16.2. The molecule has 1 aliphatic rings. The van der Waals surface area contributed by atoms with Crippen LogP contribution in [0.3, 0.4) is 0 Å². The quantitative estimate of drug-likeness (QED) is 0.779. The van der Waals surface area contributed by atoms with Gasteiger partial charge in [0.25, 0.3) is 0 Å². The van der Waals surface area contributed by atoms with Gasteiger partial charge in [-0.3, -0.25) is 0 Å². The summed E-state index contributed by atoms with van der Waals surface area (Å²) < 4.78 is 0. The molecule has 3 N–H and O–H groups in total. The first-order valence-electron chi connectivity index (χ1n) is 8.15. The summed E-state index contributed by atoms with van der Waals surface area (Å²) in [7, 11) is 0. The summed E-state index contributed by atoms with van der Waals surface area (Å²) in [6.45, 7) is 9.04. The number of aromatic hydroxyl groups is 2. The smallest absolute Gasteiger partial charge is 0.119 e. The molecule has 0 spiro atoms. The molecule has 1 fully saturated rings. The van der Waals surface area contributed by atoms with Crippen molar-refractivity contribution >= 4 is 0 Å². The van der Waals surface area contributed by atoms with Crippen molar-refractivity contribution in [3.05, 3.63) is 23.8 Å². The van der Waals surface area contributed by atoms with Gasteiger partial charge in [0.15, 0.2) is 0 Å². The SMILES string of the molecule is CC1CCC(C(C)C)C(NC(C)c2cc(O)cc(O)c2)C1. The molecule has 3 nitrogen and oxygen atoms in total. The predicted octanol–water partition coefficient (Wildman–Crippen LogP) is 4.21. The van der Waals surface area contributed by atoms with Crippen molar-refractivity contribution in [1.29, 1.82) is 0 Å². The van der Waals surface area contributed by atoms with Crippen molar-refractivity contribution in [1.82, 2.24) is 5.32 Å². The molecule has 4 atom stereocenters. The van der Waals surface area contributed by atoms with E-state index in [-0.39, 0.29) is 17.5 Å². The Morgan fingerprint density at radius 3 is 2.24 bits per heavy atom. The van der Waals surface area contributed by atoms with Crippen LogP contribution in [-0.2, 0) is 0 Å². The highest BCUT2D eigenvalue weighted by Gasteiger charge is 2.31. The third-order valence-electron chi connectivity index (χ3n) is 4.91. The van der Waals surface area contributed by atoms with Gasteiger partial charge in [-0.1, -0.05) is 27.2 Å². The van der Waals surface area contributed by atoms with E-state index in [0.29, 0.717) is 17.9 Å². The second kappa shape index (κ2) is 6.69. The Kier molecular flexibility index (Phi) is 5.15. The third-order valence-corrected chi connectivity index (χ3v) is 4.91. The monoisotopic (exact) mass is 291 g/mol. The number of hydrogen-bond acceptors (Lipinski definition) is 3. The van der Waals surface area contributed by atoms with E-state index in [9.17, 15) is 10.2 Å². The lowest BCUT2D eigenvalue weighted by atomic mass is 9.73. The maximum atomic E-state index is 9.64. The average Bonchev–Trinajstić information content (AvgIpc) is 2.37. The van der Waals surface area contributed by atoms with Crippen LogP contribution in [0.4, 0.5) is 0 Å². The number of rotatable bonds is 4. The number of nitrogens with one attached hydrogen (secondary N) is 1. The Bertz CT molecular complexity index is 452. The van der Waals surface area contributed by atoms with Crippen molar-refractivity contribution in [3.8, 4) is 11.5 Å². The van der Waals surface area contributed by atoms with Crippen LogP contribution in [0.25, 0.3) is 0 Å². The Hall–Kier alpha value is -1.22. The molecule has 118 valence electrons. The van der Waals surface area contributed by atoms with E-state index in [1.54, 1.807) is 12.1 Å². The summed E-state index contributed by atoms with van der Waals surface area (Å²) in [5.41, 5.74) is 0.938. The zero-order chi connectivity index (χ0) is 15.6. The van der Waals surface area contributed by atoms with Crippen LogP contribution < -0.4 is 5.32 Å². The van der Waals surface area contributed by atoms with Crippen molar-refractivity contribution in [2.75, 3.05) is 0 Å². The molecule has 0 aromatic heterocycles. The Morgan fingerprint density at radius 2 is 1.67 bits per heavy atom. The summed E-state index contributed by atoms with van der Waals surface area (Å²) in [5.74, 6) is 2.39. The third kappa shape index (κ3) is 4.13. The zero-order valence-electron chi connectivity index (χ0n) is 13.6. The van der Waals surface area contributed by atoms with Gasteiger partial charge in [0.05, 0.1) is 0 Å². The maximum absolute atomic E-state index is 9.64. The molecule has 0 saturated heterocycles. The first-order valence-corrected chi connectivity index (χ1v) is 8.15. The van der Waals surface area contributed by atoms with E-state index in [1.165, 1.54) is 25.3 Å². The van der Waals surface area contributed by atoms with E-state index in [0.717, 1.165) is 11.5 Å². The Morgan fingerprint density at radius 1 is 1.05 bits per heavy atom. The normalized spacial score (nSPS) is 27.8. The van der Waals surface area contributed by atoms with E-state index >= 15 is 0 Å². The molecular formula is C18H29NO2. The van der Waals surface area contributed by atoms with Crippen LogP contribution in [0, 0.1) is 17.8 Å². The van der Waals surface area contributed by atoms with Crippen LogP contribution in [0.1, 0.15) is 58.6 Å². The van der Waals surface area contributed by atoms with E-state index in [4.69, 9.17) is 0 Å². The minimum absolute atomic E-state index is 0.121. The molecule has 0 heterocycles. The summed E-state index contributed by atoms with van der Waals surface area (Å²) in [6, 6.07) is 5.46. The van der Waals surface area contributed by atoms with Gasteiger partial charge in [0.1, 0.15) is 11.5 Å². The highest BCUT2D eigenvalue weighted by Crippen LogP contribution is 2.35. The predicted molar refractivity (Wildman–Crippen MR) is 86.5 cm³/mol. The highest BCUT2D eigenvalue weighted by molar-refractivity contribution is 5.38. The average molecular weight is 291 g/mol. The molecule has 21 heavy (non-hydrogen) atoms. The second-order valence-electron chi connectivity index (χ2n) is 7.10. The molecule has 4 unspecified atom stereocenters. The standard InChI is InChI=1S/C18H29NO2/c1-11(2)17-6-5-12(3)7-18(17)19-13(4)14-8-15(20)10-16(21)9-14/h8-13,17-21H,5-7H2,1-4H3. The summed E-state index contributed by atoms with van der Waals surface area (Å²) in [5, 5.41) is 23.0.